The van der Waals surface area contributed by atoms with Crippen LogP contribution in [0.3, 0.4) is 0 Å². The van der Waals surface area contributed by atoms with E-state index in [0.717, 1.165) is 0 Å². The van der Waals surface area contributed by atoms with Gasteiger partial charge in [0, 0.05) is 24.1 Å². The average Bonchev–Trinajstić information content (AvgIpc) is 3.26. The van der Waals surface area contributed by atoms with Crippen molar-refractivity contribution in [3.63, 3.8) is 0 Å². The van der Waals surface area contributed by atoms with Gasteiger partial charge >= 0.3 is 6.09 Å². The van der Waals surface area contributed by atoms with E-state index in [4.69, 9.17) is 16.3 Å². The lowest BCUT2D eigenvalue weighted by atomic mass is 10.1. The van der Waals surface area contributed by atoms with Crippen LogP contribution in [0.4, 0.5) is 10.5 Å². The number of hydrogen-bond acceptors (Lipinski definition) is 5. The zero-order chi connectivity index (χ0) is 20.7. The molecule has 3 heterocycles. The van der Waals surface area contributed by atoms with Crippen molar-refractivity contribution in [3.05, 3.63) is 35.0 Å². The molecule has 1 fully saturated rings. The summed E-state index contributed by atoms with van der Waals surface area (Å²) in [4.78, 5) is 37.5. The summed E-state index contributed by atoms with van der Waals surface area (Å²) in [7, 11) is 0. The minimum atomic E-state index is -0.465. The molecule has 0 spiro atoms. The number of amides is 3. The number of benzene rings is 1. The molecule has 2 N–H and O–H groups in total. The Balaban J connectivity index is 1.64. The minimum Gasteiger partial charge on any atom is -0.442 e. The number of cyclic esters (lactones) is 1. The number of anilines is 1. The summed E-state index contributed by atoms with van der Waals surface area (Å²) < 4.78 is 6.85. The minimum absolute atomic E-state index is 0.0574. The molecule has 9 nitrogen and oxygen atoms in total. The van der Waals surface area contributed by atoms with Gasteiger partial charge in [-0.25, -0.2) is 4.79 Å². The lowest BCUT2D eigenvalue weighted by Crippen LogP contribution is -2.46. The first kappa shape index (κ1) is 19.3. The zero-order valence-electron chi connectivity index (χ0n) is 15.9. The van der Waals surface area contributed by atoms with E-state index in [1.165, 1.54) is 6.92 Å². The van der Waals surface area contributed by atoms with Crippen molar-refractivity contribution in [2.45, 2.75) is 26.0 Å². The van der Waals surface area contributed by atoms with Crippen LogP contribution < -0.4 is 10.6 Å². The number of carbonyl (C=O) groups excluding carboxylic acids is 3. The highest BCUT2D eigenvalue weighted by molar-refractivity contribution is 6.31. The maximum absolute atomic E-state index is 13.0. The smallest absolute Gasteiger partial charge is 0.407 e. The van der Waals surface area contributed by atoms with Crippen molar-refractivity contribution >= 4 is 35.2 Å². The molecule has 2 aliphatic rings. The van der Waals surface area contributed by atoms with Crippen molar-refractivity contribution in [2.75, 3.05) is 25.0 Å². The van der Waals surface area contributed by atoms with Gasteiger partial charge in [-0.1, -0.05) is 11.6 Å². The normalized spacial score (nSPS) is 20.9. The van der Waals surface area contributed by atoms with Crippen molar-refractivity contribution in [1.82, 2.24) is 20.0 Å². The van der Waals surface area contributed by atoms with Gasteiger partial charge in [-0.05, 0) is 31.2 Å². The Labute approximate surface area is 171 Å². The molecule has 1 saturated heterocycles. The van der Waals surface area contributed by atoms with E-state index in [2.05, 4.69) is 15.7 Å². The van der Waals surface area contributed by atoms with Gasteiger partial charge in [0.2, 0.25) is 5.91 Å². The van der Waals surface area contributed by atoms with Crippen LogP contribution >= 0.6 is 11.6 Å². The summed E-state index contributed by atoms with van der Waals surface area (Å²) in [6.45, 7) is 4.54. The van der Waals surface area contributed by atoms with E-state index in [1.54, 1.807) is 33.8 Å². The van der Waals surface area contributed by atoms with Crippen molar-refractivity contribution < 1.29 is 19.1 Å². The second kappa shape index (κ2) is 7.40. The summed E-state index contributed by atoms with van der Waals surface area (Å²) in [6, 6.07) is 6.77. The predicted octanol–water partition coefficient (Wildman–Crippen LogP) is 2.29. The Morgan fingerprint density at radius 2 is 2.17 bits per heavy atom. The molecule has 152 valence electrons. The van der Waals surface area contributed by atoms with Gasteiger partial charge in [-0.2, -0.15) is 5.10 Å². The van der Waals surface area contributed by atoms with E-state index in [9.17, 15) is 14.4 Å². The third kappa shape index (κ3) is 3.77. The first-order valence-electron chi connectivity index (χ1n) is 9.22. The molecule has 10 heteroatoms. The lowest BCUT2D eigenvalue weighted by Gasteiger charge is -2.32. The zero-order valence-corrected chi connectivity index (χ0v) is 16.7. The van der Waals surface area contributed by atoms with Gasteiger partial charge in [-0.15, -0.1) is 0 Å². The molecular weight excluding hydrogens is 398 g/mol. The highest BCUT2D eigenvalue weighted by Crippen LogP contribution is 2.33. The Morgan fingerprint density at radius 3 is 2.86 bits per heavy atom. The van der Waals surface area contributed by atoms with Crippen molar-refractivity contribution in [2.24, 2.45) is 0 Å². The number of hydrogen-bond donors (Lipinski definition) is 2. The Bertz CT molecular complexity index is 1000. The topological polar surface area (TPSA) is 106 Å². The van der Waals surface area contributed by atoms with E-state index in [-0.39, 0.29) is 24.0 Å². The summed E-state index contributed by atoms with van der Waals surface area (Å²) in [5.41, 5.74) is 2.21. The van der Waals surface area contributed by atoms with Gasteiger partial charge in [-0.3, -0.25) is 14.3 Å². The van der Waals surface area contributed by atoms with Crippen molar-refractivity contribution in [3.8, 4) is 11.3 Å². The Morgan fingerprint density at radius 1 is 1.38 bits per heavy atom. The number of carbonyl (C=O) groups is 3. The van der Waals surface area contributed by atoms with E-state index in [0.29, 0.717) is 47.3 Å². The number of fused-ring (bicyclic) bond motifs is 1. The van der Waals surface area contributed by atoms with E-state index in [1.807, 2.05) is 6.92 Å². The standard InChI is InChI=1S/C19H20ClN5O4/c1-10-8-24(9-13-7-21-19(28)29-13)18(27)17-6-16(23-25(10)17)14-4-3-12(20)5-15(14)22-11(2)26/h3-6,10,13H,7-9H2,1-2H3,(H,21,28)(H,22,26)/t10-,13-/m0/s1. The van der Waals surface area contributed by atoms with E-state index >= 15 is 0 Å². The molecule has 1 aromatic carbocycles. The van der Waals surface area contributed by atoms with Gasteiger partial charge in [0.25, 0.3) is 5.91 Å². The molecular formula is C19H20ClN5O4. The van der Waals surface area contributed by atoms with Crippen LogP contribution in [0, 0.1) is 0 Å². The fourth-order valence-electron chi connectivity index (χ4n) is 3.63. The second-order valence-corrected chi connectivity index (χ2v) is 7.63. The third-order valence-corrected chi connectivity index (χ3v) is 5.12. The molecule has 4 rings (SSSR count). The number of halogens is 1. The van der Waals surface area contributed by atoms with Gasteiger partial charge in [0.1, 0.15) is 11.8 Å². The molecule has 0 aliphatic carbocycles. The molecule has 0 unspecified atom stereocenters. The summed E-state index contributed by atoms with van der Waals surface area (Å²) >= 11 is 6.07. The Kier molecular flexibility index (Phi) is 4.91. The third-order valence-electron chi connectivity index (χ3n) is 4.88. The fraction of sp³-hybridized carbons (Fsp3) is 0.368. The number of nitrogens with zero attached hydrogens (tertiary/aromatic N) is 3. The molecule has 0 saturated carbocycles. The molecule has 2 aromatic rings. The van der Waals surface area contributed by atoms with Crippen LogP contribution in [0.1, 0.15) is 30.4 Å². The van der Waals surface area contributed by atoms with Crippen LogP contribution in [0.25, 0.3) is 11.3 Å². The Hall–Kier alpha value is -3.07. The van der Waals surface area contributed by atoms with Crippen molar-refractivity contribution in [1.29, 1.82) is 0 Å². The molecule has 29 heavy (non-hydrogen) atoms. The number of alkyl carbamates (subject to hydrolysis) is 1. The van der Waals surface area contributed by atoms with Gasteiger partial charge in [0.15, 0.2) is 0 Å². The first-order chi connectivity index (χ1) is 13.8. The highest BCUT2D eigenvalue weighted by Gasteiger charge is 2.34. The molecule has 0 bridgehead atoms. The summed E-state index contributed by atoms with van der Waals surface area (Å²) in [5, 5.41) is 10.4. The van der Waals surface area contributed by atoms with Gasteiger partial charge in [0.05, 0.1) is 30.5 Å². The number of nitrogens with one attached hydrogen (secondary N) is 2. The monoisotopic (exact) mass is 417 g/mol. The summed E-state index contributed by atoms with van der Waals surface area (Å²) in [6.07, 6.45) is -0.830. The quantitative estimate of drug-likeness (QED) is 0.793. The molecule has 3 amide bonds. The number of rotatable bonds is 4. The maximum Gasteiger partial charge on any atom is 0.407 e. The molecule has 2 atom stereocenters. The SMILES string of the molecule is CC(=O)Nc1cc(Cl)ccc1-c1cc2n(n1)[C@@H](C)CN(C[C@@H]1CNC(=O)O1)C2=O. The van der Waals surface area contributed by atoms with Crippen LogP contribution in [0.15, 0.2) is 24.3 Å². The molecule has 1 aromatic heterocycles. The number of aromatic nitrogens is 2. The van der Waals surface area contributed by atoms with E-state index < -0.39 is 6.09 Å². The van der Waals surface area contributed by atoms with Crippen LogP contribution in [0.2, 0.25) is 5.02 Å². The lowest BCUT2D eigenvalue weighted by molar-refractivity contribution is -0.114. The maximum atomic E-state index is 13.0. The highest BCUT2D eigenvalue weighted by atomic mass is 35.5. The van der Waals surface area contributed by atoms with Crippen LogP contribution in [-0.2, 0) is 9.53 Å². The molecule has 2 aliphatic heterocycles. The first-order valence-corrected chi connectivity index (χ1v) is 9.60. The second-order valence-electron chi connectivity index (χ2n) is 7.20. The van der Waals surface area contributed by atoms with Gasteiger partial charge < -0.3 is 20.3 Å². The largest absolute Gasteiger partial charge is 0.442 e. The fourth-order valence-corrected chi connectivity index (χ4v) is 3.80. The number of ether oxygens (including phenoxy) is 1. The average molecular weight is 418 g/mol. The van der Waals surface area contributed by atoms with Crippen LogP contribution in [0.5, 0.6) is 0 Å². The molecule has 0 radical (unpaired) electrons. The summed E-state index contributed by atoms with van der Waals surface area (Å²) in [5.74, 6) is -0.410. The predicted molar refractivity (Wildman–Crippen MR) is 106 cm³/mol. The van der Waals surface area contributed by atoms with Crippen LogP contribution in [-0.4, -0.2) is 58.3 Å².